The topological polar surface area (TPSA) is 46.1 Å². The molecule has 5 heteroatoms. The normalized spacial score (nSPS) is 11.8. The summed E-state index contributed by atoms with van der Waals surface area (Å²) < 4.78 is 13.8. The number of hydrogen-bond acceptors (Lipinski definition) is 3. The molecule has 0 fully saturated rings. The largest absolute Gasteiger partial charge is 0.278 e. The summed E-state index contributed by atoms with van der Waals surface area (Å²) in [7, 11) is 0. The zero-order chi connectivity index (χ0) is 18.3. The highest BCUT2D eigenvalue weighted by Crippen LogP contribution is 2.26. The molecule has 24 heavy (non-hydrogen) atoms. The van der Waals surface area contributed by atoms with Crippen LogP contribution in [0.2, 0.25) is 0 Å². The first-order valence-corrected chi connectivity index (χ1v) is 9.06. The number of aromatic nitrogens is 2. The van der Waals surface area contributed by atoms with Crippen LogP contribution in [0.1, 0.15) is 79.3 Å². The van der Waals surface area contributed by atoms with Crippen LogP contribution in [-0.2, 0) is 11.2 Å². The Balaban J connectivity index is 3.27. The first-order chi connectivity index (χ1) is 11.2. The van der Waals surface area contributed by atoms with Gasteiger partial charge in [-0.1, -0.05) is 54.4 Å². The van der Waals surface area contributed by atoms with Crippen LogP contribution in [0.4, 0.5) is 10.3 Å². The monoisotopic (exact) mass is 337 g/mol. The lowest BCUT2D eigenvalue weighted by atomic mass is 9.91. The number of carbonyl (C=O) groups is 1. The summed E-state index contributed by atoms with van der Waals surface area (Å²) in [6, 6.07) is 0.0602. The van der Waals surface area contributed by atoms with Crippen LogP contribution in [0.3, 0.4) is 0 Å². The third-order valence-electron chi connectivity index (χ3n) is 3.91. The van der Waals surface area contributed by atoms with E-state index in [4.69, 9.17) is 0 Å². The van der Waals surface area contributed by atoms with Crippen molar-refractivity contribution in [3.8, 4) is 0 Å². The molecule has 0 aliphatic rings. The maximum atomic E-state index is 13.8. The molecule has 0 radical (unpaired) electrons. The van der Waals surface area contributed by atoms with Gasteiger partial charge in [0.15, 0.2) is 5.82 Å². The minimum Gasteiger partial charge on any atom is -0.278 e. The first-order valence-electron chi connectivity index (χ1n) is 9.06. The summed E-state index contributed by atoms with van der Waals surface area (Å²) in [4.78, 5) is 23.2. The predicted octanol–water partition coefficient (Wildman–Crippen LogP) is 4.92. The van der Waals surface area contributed by atoms with Gasteiger partial charge in [0, 0.05) is 12.5 Å². The van der Waals surface area contributed by atoms with Gasteiger partial charge in [0.05, 0.1) is 11.9 Å². The molecule has 1 heterocycles. The van der Waals surface area contributed by atoms with Gasteiger partial charge in [-0.15, -0.1) is 0 Å². The number of anilines is 1. The predicted molar refractivity (Wildman–Crippen MR) is 96.5 cm³/mol. The van der Waals surface area contributed by atoms with Crippen LogP contribution in [0.5, 0.6) is 0 Å². The van der Waals surface area contributed by atoms with E-state index in [1.165, 1.54) is 6.20 Å². The van der Waals surface area contributed by atoms with Gasteiger partial charge in [-0.3, -0.25) is 9.69 Å². The third-order valence-corrected chi connectivity index (χ3v) is 3.91. The molecule has 0 atom stereocenters. The fourth-order valence-corrected chi connectivity index (χ4v) is 2.84. The molecular formula is C19H32FN3O. The number of amides is 1. The van der Waals surface area contributed by atoms with Crippen LogP contribution in [0.15, 0.2) is 6.20 Å². The van der Waals surface area contributed by atoms with Gasteiger partial charge in [0.2, 0.25) is 11.9 Å². The average molecular weight is 337 g/mol. The molecule has 0 N–H and O–H groups in total. The van der Waals surface area contributed by atoms with Crippen LogP contribution in [0.25, 0.3) is 0 Å². The fourth-order valence-electron chi connectivity index (χ4n) is 2.84. The minimum absolute atomic E-state index is 0.0167. The van der Waals surface area contributed by atoms with Gasteiger partial charge < -0.3 is 0 Å². The second kappa shape index (κ2) is 9.09. The Hall–Kier alpha value is -1.52. The Labute approximate surface area is 145 Å². The van der Waals surface area contributed by atoms with E-state index >= 15 is 0 Å². The third kappa shape index (κ3) is 5.84. The summed E-state index contributed by atoms with van der Waals surface area (Å²) in [6.07, 6.45) is 5.83. The molecular weight excluding hydrogens is 305 g/mol. The molecule has 0 aliphatic heterocycles. The Morgan fingerprint density at radius 1 is 1.21 bits per heavy atom. The summed E-state index contributed by atoms with van der Waals surface area (Å²) in [5.74, 6) is -0.0514. The summed E-state index contributed by atoms with van der Waals surface area (Å²) in [6.45, 7) is 12.2. The van der Waals surface area contributed by atoms with Gasteiger partial charge in [0.1, 0.15) is 0 Å². The van der Waals surface area contributed by atoms with Crippen LogP contribution in [-0.4, -0.2) is 21.9 Å². The second-order valence-electron chi connectivity index (χ2n) is 7.55. The van der Waals surface area contributed by atoms with Crippen molar-refractivity contribution in [2.24, 2.45) is 5.41 Å². The molecule has 0 aromatic carbocycles. The minimum atomic E-state index is -0.410. The van der Waals surface area contributed by atoms with E-state index < -0.39 is 5.82 Å². The zero-order valence-electron chi connectivity index (χ0n) is 16.0. The van der Waals surface area contributed by atoms with Crippen LogP contribution in [0, 0.1) is 11.2 Å². The molecule has 0 bridgehead atoms. The summed E-state index contributed by atoms with van der Waals surface area (Å²) in [5, 5.41) is 0. The van der Waals surface area contributed by atoms with Crippen molar-refractivity contribution in [1.82, 2.24) is 9.97 Å². The molecule has 0 unspecified atom stereocenters. The van der Waals surface area contributed by atoms with Gasteiger partial charge in [-0.2, -0.15) is 0 Å². The lowest BCUT2D eigenvalue weighted by molar-refractivity contribution is -0.120. The Morgan fingerprint density at radius 3 is 2.25 bits per heavy atom. The van der Waals surface area contributed by atoms with Crippen molar-refractivity contribution < 1.29 is 9.18 Å². The van der Waals surface area contributed by atoms with Crippen LogP contribution < -0.4 is 4.90 Å². The number of carbonyl (C=O) groups excluding carboxylic acids is 1. The van der Waals surface area contributed by atoms with Crippen molar-refractivity contribution in [3.05, 3.63) is 17.7 Å². The van der Waals surface area contributed by atoms with Crippen molar-refractivity contribution >= 4 is 11.9 Å². The number of hydrogen-bond donors (Lipinski definition) is 0. The number of halogens is 1. The number of rotatable bonds is 8. The summed E-state index contributed by atoms with van der Waals surface area (Å²) >= 11 is 0. The molecule has 1 aromatic rings. The second-order valence-corrected chi connectivity index (χ2v) is 7.55. The molecule has 1 aromatic heterocycles. The van der Waals surface area contributed by atoms with E-state index in [-0.39, 0.29) is 17.4 Å². The lowest BCUT2D eigenvalue weighted by Gasteiger charge is -2.32. The first kappa shape index (κ1) is 20.5. The van der Waals surface area contributed by atoms with E-state index in [9.17, 15) is 9.18 Å². The van der Waals surface area contributed by atoms with Crippen molar-refractivity contribution in [2.75, 3.05) is 4.90 Å². The average Bonchev–Trinajstić information content (AvgIpc) is 2.47. The Kier molecular flexibility index (Phi) is 7.77. The maximum absolute atomic E-state index is 13.8. The zero-order valence-corrected chi connectivity index (χ0v) is 16.0. The van der Waals surface area contributed by atoms with Crippen LogP contribution >= 0.6 is 0 Å². The molecule has 0 saturated carbocycles. The molecule has 136 valence electrons. The van der Waals surface area contributed by atoms with E-state index in [0.717, 1.165) is 25.7 Å². The van der Waals surface area contributed by atoms with Crippen molar-refractivity contribution in [1.29, 1.82) is 0 Å². The highest BCUT2D eigenvalue weighted by atomic mass is 19.1. The smallest absolute Gasteiger partial charge is 0.232 e. The number of nitrogens with zero attached hydrogens (tertiary/aromatic N) is 3. The Bertz CT molecular complexity index is 534. The molecule has 1 amide bonds. The quantitative estimate of drug-likeness (QED) is 0.676. The van der Waals surface area contributed by atoms with E-state index in [0.29, 0.717) is 24.5 Å². The molecule has 4 nitrogen and oxygen atoms in total. The Morgan fingerprint density at radius 2 is 1.79 bits per heavy atom. The molecule has 1 rings (SSSR count). The van der Waals surface area contributed by atoms with Gasteiger partial charge in [-0.05, 0) is 24.7 Å². The molecule has 0 saturated heterocycles. The summed E-state index contributed by atoms with van der Waals surface area (Å²) in [5.41, 5.74) is 0.242. The SMILES string of the molecule is CCCC(CCC)N(C(=O)CC(C)(C)C)c1ncc(F)c(CC)n1. The van der Waals surface area contributed by atoms with Crippen molar-refractivity contribution in [2.45, 2.75) is 86.1 Å². The van der Waals surface area contributed by atoms with Gasteiger partial charge in [0.25, 0.3) is 0 Å². The van der Waals surface area contributed by atoms with E-state index in [1.807, 2.05) is 27.7 Å². The fraction of sp³-hybridized carbons (Fsp3) is 0.737. The van der Waals surface area contributed by atoms with E-state index in [1.54, 1.807) is 4.90 Å². The number of aryl methyl sites for hydroxylation is 1. The molecule has 0 aliphatic carbocycles. The van der Waals surface area contributed by atoms with Gasteiger partial charge >= 0.3 is 0 Å². The highest BCUT2D eigenvalue weighted by molar-refractivity contribution is 5.92. The highest BCUT2D eigenvalue weighted by Gasteiger charge is 2.30. The molecule has 0 spiro atoms. The maximum Gasteiger partial charge on any atom is 0.232 e. The van der Waals surface area contributed by atoms with Gasteiger partial charge in [-0.25, -0.2) is 14.4 Å². The van der Waals surface area contributed by atoms with E-state index in [2.05, 4.69) is 23.8 Å². The lowest BCUT2D eigenvalue weighted by Crippen LogP contribution is -2.43. The van der Waals surface area contributed by atoms with Crippen molar-refractivity contribution in [3.63, 3.8) is 0 Å². The standard InChI is InChI=1S/C19H32FN3O/c1-7-10-14(11-8-2)23(17(24)12-19(4,5)6)18-21-13-15(20)16(9-3)22-18/h13-14H,7-12H2,1-6H3.